The third-order valence-corrected chi connectivity index (χ3v) is 13.9. The van der Waals surface area contributed by atoms with E-state index in [9.17, 15) is 45.6 Å². The van der Waals surface area contributed by atoms with Crippen LogP contribution in [0.4, 0.5) is 0 Å². The summed E-state index contributed by atoms with van der Waals surface area (Å²) in [4.78, 5) is 13.2. The predicted octanol–water partition coefficient (Wildman–Crippen LogP) is 8.50. The smallest absolute Gasteiger partial charge is 0.220 e. The van der Waals surface area contributed by atoms with Gasteiger partial charge in [-0.1, -0.05) is 212 Å². The number of amides is 1. The molecular formula is C55H103NO13. The van der Waals surface area contributed by atoms with Crippen LogP contribution in [0.3, 0.4) is 0 Å². The second-order valence-electron chi connectivity index (χ2n) is 20.1. The fourth-order valence-corrected chi connectivity index (χ4v) is 9.31. The normalized spacial score (nSPS) is 26.3. The first kappa shape index (κ1) is 63.6. The molecule has 0 saturated carbocycles. The first-order valence-corrected chi connectivity index (χ1v) is 28.1. The van der Waals surface area contributed by atoms with E-state index in [1.165, 1.54) is 161 Å². The molecule has 2 aliphatic rings. The number of ether oxygens (including phenoxy) is 4. The highest BCUT2D eigenvalue weighted by Gasteiger charge is 2.51. The summed E-state index contributed by atoms with van der Waals surface area (Å²) in [6.07, 6.45) is 30.9. The monoisotopic (exact) mass is 986 g/mol. The van der Waals surface area contributed by atoms with Gasteiger partial charge in [0.2, 0.25) is 5.91 Å². The Bertz CT molecular complexity index is 1260. The van der Waals surface area contributed by atoms with Crippen LogP contribution in [0, 0.1) is 0 Å². The van der Waals surface area contributed by atoms with E-state index in [2.05, 4.69) is 31.3 Å². The lowest BCUT2D eigenvalue weighted by molar-refractivity contribution is -0.359. The Hall–Kier alpha value is -1.53. The van der Waals surface area contributed by atoms with Gasteiger partial charge in [0, 0.05) is 6.42 Å². The number of carbonyl (C=O) groups excluding carboxylic acids is 1. The van der Waals surface area contributed by atoms with Crippen LogP contribution < -0.4 is 5.32 Å². The van der Waals surface area contributed by atoms with Gasteiger partial charge in [0.15, 0.2) is 12.6 Å². The van der Waals surface area contributed by atoms with Gasteiger partial charge >= 0.3 is 0 Å². The Morgan fingerprint density at radius 1 is 0.507 bits per heavy atom. The maximum atomic E-state index is 13.2. The van der Waals surface area contributed by atoms with E-state index < -0.39 is 86.8 Å². The first-order chi connectivity index (χ1) is 33.6. The van der Waals surface area contributed by atoms with Crippen LogP contribution in [0.1, 0.15) is 226 Å². The zero-order valence-electron chi connectivity index (χ0n) is 43.3. The fourth-order valence-electron chi connectivity index (χ4n) is 9.31. The fraction of sp³-hybridized carbons (Fsp3) is 0.909. The van der Waals surface area contributed by atoms with E-state index in [-0.39, 0.29) is 18.9 Å². The van der Waals surface area contributed by atoms with Crippen LogP contribution in [0.2, 0.25) is 0 Å². The van der Waals surface area contributed by atoms with Crippen LogP contribution >= 0.6 is 0 Å². The van der Waals surface area contributed by atoms with Gasteiger partial charge in [-0.3, -0.25) is 4.79 Å². The molecule has 2 heterocycles. The summed E-state index contributed by atoms with van der Waals surface area (Å²) in [7, 11) is 0. The lowest BCUT2D eigenvalue weighted by Crippen LogP contribution is -2.65. The Kier molecular flexibility index (Phi) is 38.6. The van der Waals surface area contributed by atoms with Crippen LogP contribution in [-0.2, 0) is 23.7 Å². The second-order valence-corrected chi connectivity index (χ2v) is 20.1. The molecule has 0 aromatic carbocycles. The van der Waals surface area contributed by atoms with Crippen molar-refractivity contribution in [2.24, 2.45) is 0 Å². The highest BCUT2D eigenvalue weighted by molar-refractivity contribution is 5.76. The molecule has 0 spiro atoms. The highest BCUT2D eigenvalue weighted by atomic mass is 16.7. The van der Waals surface area contributed by atoms with Gasteiger partial charge < -0.3 is 65.1 Å². The maximum Gasteiger partial charge on any atom is 0.220 e. The van der Waals surface area contributed by atoms with E-state index in [0.717, 1.165) is 32.1 Å². The van der Waals surface area contributed by atoms with Crippen molar-refractivity contribution < 1.29 is 64.6 Å². The van der Waals surface area contributed by atoms with Crippen molar-refractivity contribution in [1.29, 1.82) is 0 Å². The molecule has 0 aromatic heterocycles. The van der Waals surface area contributed by atoms with Crippen LogP contribution in [0.5, 0.6) is 0 Å². The second kappa shape index (κ2) is 41.9. The van der Waals surface area contributed by atoms with E-state index in [1.807, 2.05) is 6.08 Å². The van der Waals surface area contributed by atoms with Gasteiger partial charge in [0.25, 0.3) is 0 Å². The Balaban J connectivity index is 1.77. The third kappa shape index (κ3) is 28.5. The molecule has 406 valence electrons. The molecule has 0 aromatic rings. The number of aliphatic hydroxyl groups is 8. The molecular weight excluding hydrogens is 883 g/mol. The molecule has 2 rings (SSSR count). The highest BCUT2D eigenvalue weighted by Crippen LogP contribution is 2.30. The maximum absolute atomic E-state index is 13.2. The molecule has 9 N–H and O–H groups in total. The first-order valence-electron chi connectivity index (χ1n) is 28.1. The zero-order chi connectivity index (χ0) is 50.3. The van der Waals surface area contributed by atoms with Crippen molar-refractivity contribution in [3.63, 3.8) is 0 Å². The number of hydrogen-bond donors (Lipinski definition) is 9. The number of unbranched alkanes of at least 4 members (excludes halogenated alkanes) is 29. The number of carbonyl (C=O) groups is 1. The Morgan fingerprint density at radius 3 is 1.42 bits per heavy atom. The third-order valence-electron chi connectivity index (χ3n) is 13.9. The SMILES string of the molecule is CCCCCCCCCCCCCCCCCCCC/C=C/CC/C=C/C(O)C(COC1OC(CO)C(OC2OC(CO)C(O)C(O)C2O)C(O)C1O)NC(=O)CCCCCCCCCCCCC. The number of allylic oxidation sites excluding steroid dienone is 3. The van der Waals surface area contributed by atoms with Gasteiger partial charge in [0.1, 0.15) is 48.8 Å². The van der Waals surface area contributed by atoms with E-state index >= 15 is 0 Å². The van der Waals surface area contributed by atoms with E-state index in [4.69, 9.17) is 18.9 Å². The molecule has 0 bridgehead atoms. The molecule has 14 heteroatoms. The minimum absolute atomic E-state index is 0.249. The van der Waals surface area contributed by atoms with E-state index in [0.29, 0.717) is 12.8 Å². The Morgan fingerprint density at radius 2 is 0.928 bits per heavy atom. The number of aliphatic hydroxyl groups excluding tert-OH is 8. The number of nitrogens with one attached hydrogen (secondary N) is 1. The lowest BCUT2D eigenvalue weighted by Gasteiger charge is -2.46. The number of rotatable bonds is 44. The molecule has 69 heavy (non-hydrogen) atoms. The van der Waals surface area contributed by atoms with Gasteiger partial charge in [-0.2, -0.15) is 0 Å². The molecule has 0 radical (unpaired) electrons. The van der Waals surface area contributed by atoms with Gasteiger partial charge in [0.05, 0.1) is 32.0 Å². The average molecular weight is 986 g/mol. The summed E-state index contributed by atoms with van der Waals surface area (Å²) >= 11 is 0. The van der Waals surface area contributed by atoms with Gasteiger partial charge in [-0.15, -0.1) is 0 Å². The van der Waals surface area contributed by atoms with Gasteiger partial charge in [-0.05, 0) is 32.1 Å². The van der Waals surface area contributed by atoms with Crippen molar-refractivity contribution in [2.75, 3.05) is 19.8 Å². The Labute approximate surface area is 418 Å². The summed E-state index contributed by atoms with van der Waals surface area (Å²) in [6, 6.07) is -0.926. The van der Waals surface area contributed by atoms with Crippen molar-refractivity contribution in [3.05, 3.63) is 24.3 Å². The van der Waals surface area contributed by atoms with Crippen molar-refractivity contribution >= 4 is 5.91 Å². The lowest BCUT2D eigenvalue weighted by atomic mass is 9.97. The average Bonchev–Trinajstić information content (AvgIpc) is 3.35. The summed E-state index contributed by atoms with van der Waals surface area (Å²) in [5, 5.41) is 86.8. The molecule has 2 saturated heterocycles. The predicted molar refractivity (Wildman–Crippen MR) is 272 cm³/mol. The van der Waals surface area contributed by atoms with Gasteiger partial charge in [-0.25, -0.2) is 0 Å². The molecule has 14 nitrogen and oxygen atoms in total. The zero-order valence-corrected chi connectivity index (χ0v) is 43.3. The quantitative estimate of drug-likeness (QED) is 0.0206. The molecule has 12 atom stereocenters. The summed E-state index contributed by atoms with van der Waals surface area (Å²) in [6.45, 7) is 2.77. The number of hydrogen-bond acceptors (Lipinski definition) is 13. The van der Waals surface area contributed by atoms with Crippen molar-refractivity contribution in [1.82, 2.24) is 5.32 Å². The molecule has 1 amide bonds. The van der Waals surface area contributed by atoms with Crippen LogP contribution in [0.15, 0.2) is 24.3 Å². The van der Waals surface area contributed by atoms with Crippen LogP contribution in [-0.4, -0.2) is 140 Å². The minimum Gasteiger partial charge on any atom is -0.394 e. The molecule has 2 fully saturated rings. The van der Waals surface area contributed by atoms with Crippen molar-refractivity contribution in [2.45, 2.75) is 299 Å². The topological polar surface area (TPSA) is 228 Å². The van der Waals surface area contributed by atoms with E-state index in [1.54, 1.807) is 6.08 Å². The minimum atomic E-state index is -1.79. The molecule has 0 aliphatic carbocycles. The molecule has 12 unspecified atom stereocenters. The molecule has 2 aliphatic heterocycles. The summed E-state index contributed by atoms with van der Waals surface area (Å²) in [5.74, 6) is -0.249. The van der Waals surface area contributed by atoms with Crippen LogP contribution in [0.25, 0.3) is 0 Å². The summed E-state index contributed by atoms with van der Waals surface area (Å²) < 4.78 is 22.7. The largest absolute Gasteiger partial charge is 0.394 e. The summed E-state index contributed by atoms with van der Waals surface area (Å²) in [5.41, 5.74) is 0. The van der Waals surface area contributed by atoms with Crippen molar-refractivity contribution in [3.8, 4) is 0 Å². The standard InChI is InChI=1S/C55H103NO13/c1-3-5-7-9-11-13-15-16-17-18-19-20-21-22-23-24-25-26-27-29-30-32-34-36-38-44(59)43(56-47(60)39-37-35-33-31-28-14-12-10-8-6-4-2)42-66-54-52(65)50(63)53(46(41-58)68-54)69-55-51(64)49(62)48(61)45(40-57)67-55/h29-30,36,38,43-46,48-55,57-59,61-65H,3-28,31-35,37,39-42H2,1-2H3,(H,56,60)/b30-29+,38-36+.